The van der Waals surface area contributed by atoms with Crippen molar-refractivity contribution in [2.24, 2.45) is 0 Å². The molecule has 0 atom stereocenters. The maximum absolute atomic E-state index is 11.4. The van der Waals surface area contributed by atoms with E-state index in [0.717, 1.165) is 0 Å². The molecule has 14 heavy (non-hydrogen) atoms. The predicted molar refractivity (Wildman–Crippen MR) is 45.1 cm³/mol. The molecule has 2 rings (SSSR count). The zero-order valence-electron chi connectivity index (χ0n) is 6.85. The number of anilines is 2. The number of hydrogen-bond acceptors (Lipinski definition) is 6. The van der Waals surface area contributed by atoms with Gasteiger partial charge in [0.25, 0.3) is 5.91 Å². The van der Waals surface area contributed by atoms with Crippen LogP contribution in [0.3, 0.4) is 0 Å². The van der Waals surface area contributed by atoms with Crippen LogP contribution in [-0.4, -0.2) is 36.5 Å². The highest BCUT2D eigenvalue weighted by molar-refractivity contribution is 6.04. The van der Waals surface area contributed by atoms with Crippen LogP contribution in [0, 0.1) is 0 Å². The van der Waals surface area contributed by atoms with Gasteiger partial charge in [0.1, 0.15) is 6.33 Å². The summed E-state index contributed by atoms with van der Waals surface area (Å²) < 4.78 is 0. The van der Waals surface area contributed by atoms with Crippen molar-refractivity contribution >= 4 is 17.7 Å². The summed E-state index contributed by atoms with van der Waals surface area (Å²) in [5.41, 5.74) is 5.37. The van der Waals surface area contributed by atoms with Crippen LogP contribution in [0.4, 0.5) is 11.8 Å². The Labute approximate surface area is 77.1 Å². The van der Waals surface area contributed by atoms with E-state index in [4.69, 9.17) is 5.73 Å². The van der Waals surface area contributed by atoms with Gasteiger partial charge in [-0.1, -0.05) is 0 Å². The lowest BCUT2D eigenvalue weighted by molar-refractivity contribution is 0.102. The number of H-pyrrole nitrogens is 2. The molecule has 9 heteroatoms. The van der Waals surface area contributed by atoms with Crippen molar-refractivity contribution in [2.75, 3.05) is 11.1 Å². The molecule has 0 saturated heterocycles. The Morgan fingerprint density at radius 3 is 2.93 bits per heavy atom. The highest BCUT2D eigenvalue weighted by atomic mass is 16.2. The molecule has 0 radical (unpaired) electrons. The fraction of sp³-hybridized carbons (Fsp3) is 0. The van der Waals surface area contributed by atoms with Crippen LogP contribution in [0.5, 0.6) is 0 Å². The molecule has 0 spiro atoms. The zero-order valence-corrected chi connectivity index (χ0v) is 6.85. The van der Waals surface area contributed by atoms with Gasteiger partial charge in [0.15, 0.2) is 11.5 Å². The minimum atomic E-state index is -0.506. The van der Waals surface area contributed by atoms with Gasteiger partial charge in [0.05, 0.1) is 0 Å². The van der Waals surface area contributed by atoms with E-state index >= 15 is 0 Å². The number of nitrogen functional groups attached to an aromatic ring is 1. The Balaban J connectivity index is 2.14. The second-order valence-electron chi connectivity index (χ2n) is 2.35. The van der Waals surface area contributed by atoms with Crippen molar-refractivity contribution in [3.05, 3.63) is 12.0 Å². The molecule has 0 fully saturated rings. The summed E-state index contributed by atoms with van der Waals surface area (Å²) in [6.07, 6.45) is 1.27. The van der Waals surface area contributed by atoms with E-state index in [2.05, 4.69) is 35.9 Å². The fourth-order valence-corrected chi connectivity index (χ4v) is 0.839. The second-order valence-corrected chi connectivity index (χ2v) is 2.35. The van der Waals surface area contributed by atoms with Gasteiger partial charge in [-0.15, -0.1) is 10.2 Å². The number of nitrogens with two attached hydrogens (primary N) is 1. The molecule has 2 aromatic heterocycles. The monoisotopic (exact) mass is 194 g/mol. The van der Waals surface area contributed by atoms with Crippen LogP contribution in [0.2, 0.25) is 0 Å². The molecular formula is C5H6N8O. The molecule has 0 unspecified atom stereocenters. The van der Waals surface area contributed by atoms with Gasteiger partial charge in [-0.2, -0.15) is 15.3 Å². The number of carbonyl (C=O) groups is 1. The van der Waals surface area contributed by atoms with E-state index in [1.165, 1.54) is 6.33 Å². The average molecular weight is 194 g/mol. The predicted octanol–water partition coefficient (Wildman–Crippen LogP) is -1.24. The SMILES string of the molecule is Nc1n[nH]nc1C(=O)Nc1ncn[nH]1. The number of rotatable bonds is 2. The van der Waals surface area contributed by atoms with Crippen LogP contribution in [0.25, 0.3) is 0 Å². The highest BCUT2D eigenvalue weighted by Crippen LogP contribution is 2.04. The van der Waals surface area contributed by atoms with E-state index in [9.17, 15) is 4.79 Å². The van der Waals surface area contributed by atoms with E-state index in [-0.39, 0.29) is 17.5 Å². The third-order valence-electron chi connectivity index (χ3n) is 1.44. The second kappa shape index (κ2) is 3.12. The van der Waals surface area contributed by atoms with Crippen molar-refractivity contribution in [2.45, 2.75) is 0 Å². The molecule has 1 amide bonds. The van der Waals surface area contributed by atoms with Gasteiger partial charge in [0, 0.05) is 0 Å². The minimum absolute atomic E-state index is 0.0152. The molecule has 0 bridgehead atoms. The normalized spacial score (nSPS) is 10.0. The molecule has 9 nitrogen and oxygen atoms in total. The van der Waals surface area contributed by atoms with Crippen molar-refractivity contribution in [3.63, 3.8) is 0 Å². The van der Waals surface area contributed by atoms with E-state index in [0.29, 0.717) is 0 Å². The molecule has 0 aromatic carbocycles. The van der Waals surface area contributed by atoms with Crippen molar-refractivity contribution in [3.8, 4) is 0 Å². The number of aromatic nitrogens is 6. The maximum Gasteiger partial charge on any atom is 0.282 e. The summed E-state index contributed by atoms with van der Waals surface area (Å²) >= 11 is 0. The summed E-state index contributed by atoms with van der Waals surface area (Å²) in [5.74, 6) is -0.257. The highest BCUT2D eigenvalue weighted by Gasteiger charge is 2.14. The Kier molecular flexibility index (Phi) is 1.82. The summed E-state index contributed by atoms with van der Waals surface area (Å²) in [7, 11) is 0. The molecule has 2 aromatic rings. The van der Waals surface area contributed by atoms with Crippen molar-refractivity contribution < 1.29 is 4.79 Å². The first-order chi connectivity index (χ1) is 6.77. The van der Waals surface area contributed by atoms with Crippen LogP contribution in [-0.2, 0) is 0 Å². The number of nitrogens with zero attached hydrogens (tertiary/aromatic N) is 4. The van der Waals surface area contributed by atoms with Gasteiger partial charge in [-0.3, -0.25) is 10.1 Å². The summed E-state index contributed by atoms with van der Waals surface area (Å²) in [6, 6.07) is 0. The lowest BCUT2D eigenvalue weighted by atomic mass is 10.4. The molecule has 72 valence electrons. The number of nitrogens with one attached hydrogen (secondary N) is 3. The number of aromatic amines is 2. The number of amides is 1. The van der Waals surface area contributed by atoms with Crippen molar-refractivity contribution in [1.82, 2.24) is 30.6 Å². The Hall–Kier alpha value is -2.45. The Morgan fingerprint density at radius 1 is 1.50 bits per heavy atom. The summed E-state index contributed by atoms with van der Waals surface area (Å²) in [5, 5.41) is 17.7. The van der Waals surface area contributed by atoms with Gasteiger partial charge in [-0.05, 0) is 0 Å². The van der Waals surface area contributed by atoms with Gasteiger partial charge < -0.3 is 5.73 Å². The topological polar surface area (TPSA) is 138 Å². The van der Waals surface area contributed by atoms with Crippen LogP contribution >= 0.6 is 0 Å². The molecule has 0 saturated carbocycles. The van der Waals surface area contributed by atoms with E-state index in [1.807, 2.05) is 0 Å². The smallest absolute Gasteiger partial charge is 0.282 e. The largest absolute Gasteiger partial charge is 0.380 e. The quantitative estimate of drug-likeness (QED) is 0.471. The first-order valence-corrected chi connectivity index (χ1v) is 3.60. The summed E-state index contributed by atoms with van der Waals surface area (Å²) in [6.45, 7) is 0. The minimum Gasteiger partial charge on any atom is -0.380 e. The average Bonchev–Trinajstić information content (AvgIpc) is 2.75. The lowest BCUT2D eigenvalue weighted by Gasteiger charge is -1.96. The van der Waals surface area contributed by atoms with Gasteiger partial charge >= 0.3 is 0 Å². The maximum atomic E-state index is 11.4. The van der Waals surface area contributed by atoms with Gasteiger partial charge in [0.2, 0.25) is 5.95 Å². The molecule has 0 aliphatic carbocycles. The molecule has 0 aliphatic heterocycles. The Bertz CT molecular complexity index is 430. The van der Waals surface area contributed by atoms with E-state index in [1.54, 1.807) is 0 Å². The Morgan fingerprint density at radius 2 is 2.36 bits per heavy atom. The molecule has 0 aliphatic rings. The van der Waals surface area contributed by atoms with Crippen molar-refractivity contribution in [1.29, 1.82) is 0 Å². The van der Waals surface area contributed by atoms with Crippen LogP contribution in [0.1, 0.15) is 10.5 Å². The molecule has 5 N–H and O–H groups in total. The van der Waals surface area contributed by atoms with Gasteiger partial charge in [-0.25, -0.2) is 5.10 Å². The third kappa shape index (κ3) is 1.37. The lowest BCUT2D eigenvalue weighted by Crippen LogP contribution is -2.15. The zero-order chi connectivity index (χ0) is 9.97. The first-order valence-electron chi connectivity index (χ1n) is 3.60. The summed E-state index contributed by atoms with van der Waals surface area (Å²) in [4.78, 5) is 15.1. The fourth-order valence-electron chi connectivity index (χ4n) is 0.839. The number of carbonyl (C=O) groups excluding carboxylic acids is 1. The van der Waals surface area contributed by atoms with Crippen LogP contribution in [0.15, 0.2) is 6.33 Å². The number of hydrogen-bond donors (Lipinski definition) is 4. The van der Waals surface area contributed by atoms with Crippen LogP contribution < -0.4 is 11.1 Å². The first kappa shape index (κ1) is 8.16. The third-order valence-corrected chi connectivity index (χ3v) is 1.44. The standard InChI is InChI=1S/C5H6N8O/c6-3-2(10-13-11-3)4(14)9-5-7-1-8-12-5/h1H,(H3,6,10,11,13)(H2,7,8,9,12,14). The van der Waals surface area contributed by atoms with E-state index < -0.39 is 5.91 Å². The molecule has 2 heterocycles. The molecular weight excluding hydrogens is 188 g/mol.